The van der Waals surface area contributed by atoms with Gasteiger partial charge in [-0.25, -0.2) is 0 Å². The summed E-state index contributed by atoms with van der Waals surface area (Å²) >= 11 is 10.7. The highest BCUT2D eigenvalue weighted by Crippen LogP contribution is 2.30. The molecule has 2 rings (SSSR count). The van der Waals surface area contributed by atoms with Crippen molar-refractivity contribution >= 4 is 61.5 Å². The predicted molar refractivity (Wildman–Crippen MR) is 64.4 cm³/mol. The van der Waals surface area contributed by atoms with Gasteiger partial charge in [-0.05, 0) is 22.9 Å². The van der Waals surface area contributed by atoms with Crippen molar-refractivity contribution in [2.75, 3.05) is 0 Å². The first-order valence-electron chi connectivity index (χ1n) is 3.82. The Balaban J connectivity index is 2.86. The summed E-state index contributed by atoms with van der Waals surface area (Å²) in [6, 6.07) is 3.50. The van der Waals surface area contributed by atoms with Crippen molar-refractivity contribution in [3.05, 3.63) is 27.0 Å². The zero-order valence-electron chi connectivity index (χ0n) is 6.87. The molecule has 1 aromatic heterocycles. The molecule has 2 aromatic rings. The summed E-state index contributed by atoms with van der Waals surface area (Å²) in [4.78, 5) is 0. The molecule has 2 nitrogen and oxygen atoms in total. The molecule has 0 amide bonds. The molecular weight excluding hydrogens is 286 g/mol. The van der Waals surface area contributed by atoms with Crippen molar-refractivity contribution in [3.63, 3.8) is 0 Å². The largest absolute Gasteiger partial charge is 0.490 e. The normalized spacial score (nSPS) is 10.9. The van der Waals surface area contributed by atoms with Gasteiger partial charge in [-0.1, -0.05) is 27.5 Å². The topological polar surface area (TPSA) is 40.5 Å². The fraction of sp³-hybridized carbons (Fsp3) is 0. The van der Waals surface area contributed by atoms with E-state index in [1.807, 2.05) is 11.4 Å². The predicted octanol–water partition coefficient (Wildman–Crippen LogP) is 2.00. The van der Waals surface area contributed by atoms with Gasteiger partial charge in [-0.2, -0.15) is 0 Å². The Hall–Kier alpha value is -0.0651. The monoisotopic (exact) mass is 290 g/mol. The van der Waals surface area contributed by atoms with Crippen LogP contribution in [0.25, 0.3) is 10.1 Å². The molecule has 0 unspecified atom stereocenters. The molecule has 0 bridgehead atoms. The maximum atomic E-state index is 9.20. The lowest BCUT2D eigenvalue weighted by Crippen LogP contribution is -2.31. The molecule has 0 atom stereocenters. The lowest BCUT2D eigenvalue weighted by Gasteiger charge is -2.06. The molecule has 1 aromatic carbocycles. The first-order valence-corrected chi connectivity index (χ1v) is 5.87. The molecule has 1 heterocycles. The molecule has 14 heavy (non-hydrogen) atoms. The van der Waals surface area contributed by atoms with Crippen molar-refractivity contribution in [1.29, 1.82) is 0 Å². The first-order chi connectivity index (χ1) is 6.61. The van der Waals surface area contributed by atoms with Crippen molar-refractivity contribution in [2.45, 2.75) is 0 Å². The lowest BCUT2D eigenvalue weighted by molar-refractivity contribution is 0.426. The Kier molecular flexibility index (Phi) is 2.86. The zero-order valence-corrected chi connectivity index (χ0v) is 10.0. The van der Waals surface area contributed by atoms with Crippen LogP contribution in [-0.2, 0) is 0 Å². The van der Waals surface area contributed by atoms with Crippen LogP contribution in [-0.4, -0.2) is 17.2 Å². The number of thiophene rings is 1. The molecule has 0 spiro atoms. The molecule has 0 aliphatic rings. The molecule has 0 saturated carbocycles. The number of hydrogen-bond acceptors (Lipinski definition) is 3. The Bertz CT molecular complexity index is 485. The number of rotatable bonds is 1. The third-order valence-corrected chi connectivity index (χ3v) is 3.96. The molecule has 0 aliphatic heterocycles. The minimum Gasteiger partial charge on any atom is -0.423 e. The number of fused-ring (bicyclic) bond motifs is 1. The van der Waals surface area contributed by atoms with Crippen molar-refractivity contribution < 1.29 is 10.0 Å². The van der Waals surface area contributed by atoms with Gasteiger partial charge in [-0.15, -0.1) is 11.3 Å². The fourth-order valence-electron chi connectivity index (χ4n) is 1.35. The summed E-state index contributed by atoms with van der Waals surface area (Å²) in [5.74, 6) is 0. The SMILES string of the molecule is OB(O)c1c(Br)cc(Cl)c2sccc12. The summed E-state index contributed by atoms with van der Waals surface area (Å²) in [6.45, 7) is 0. The minimum absolute atomic E-state index is 0.464. The van der Waals surface area contributed by atoms with E-state index in [1.54, 1.807) is 6.07 Å². The van der Waals surface area contributed by atoms with Crippen LogP contribution in [0.5, 0.6) is 0 Å². The third kappa shape index (κ3) is 1.59. The van der Waals surface area contributed by atoms with Gasteiger partial charge in [0.2, 0.25) is 0 Å². The number of halogens is 2. The maximum absolute atomic E-state index is 9.20. The second-order valence-electron chi connectivity index (χ2n) is 2.79. The Labute approximate surface area is 98.4 Å². The average Bonchev–Trinajstić information content (AvgIpc) is 2.51. The summed E-state index contributed by atoms with van der Waals surface area (Å²) in [6.07, 6.45) is 0. The molecule has 0 radical (unpaired) electrons. The van der Waals surface area contributed by atoms with Gasteiger partial charge in [-0.3, -0.25) is 0 Å². The van der Waals surface area contributed by atoms with Crippen LogP contribution in [0.4, 0.5) is 0 Å². The van der Waals surface area contributed by atoms with Gasteiger partial charge in [0, 0.05) is 9.94 Å². The molecule has 0 fully saturated rings. The van der Waals surface area contributed by atoms with Crippen LogP contribution >= 0.6 is 38.9 Å². The van der Waals surface area contributed by atoms with Gasteiger partial charge < -0.3 is 10.0 Å². The maximum Gasteiger partial charge on any atom is 0.490 e. The van der Waals surface area contributed by atoms with Crippen LogP contribution < -0.4 is 5.46 Å². The van der Waals surface area contributed by atoms with E-state index >= 15 is 0 Å². The van der Waals surface area contributed by atoms with Crippen molar-refractivity contribution in [2.24, 2.45) is 0 Å². The summed E-state index contributed by atoms with van der Waals surface area (Å²) in [5.41, 5.74) is 0.464. The van der Waals surface area contributed by atoms with E-state index in [9.17, 15) is 10.0 Å². The second-order valence-corrected chi connectivity index (χ2v) is 4.97. The van der Waals surface area contributed by atoms with Gasteiger partial charge in [0.05, 0.1) is 9.72 Å². The van der Waals surface area contributed by atoms with E-state index in [0.29, 0.717) is 15.0 Å². The van der Waals surface area contributed by atoms with Gasteiger partial charge in [0.25, 0.3) is 0 Å². The Morgan fingerprint density at radius 3 is 2.79 bits per heavy atom. The van der Waals surface area contributed by atoms with Crippen molar-refractivity contribution in [3.8, 4) is 0 Å². The van der Waals surface area contributed by atoms with Crippen LogP contribution in [0.3, 0.4) is 0 Å². The molecule has 6 heteroatoms. The number of benzene rings is 1. The summed E-state index contributed by atoms with van der Waals surface area (Å²) in [7, 11) is -1.49. The van der Waals surface area contributed by atoms with E-state index in [4.69, 9.17) is 11.6 Å². The summed E-state index contributed by atoms with van der Waals surface area (Å²) in [5, 5.41) is 21.7. The fourth-order valence-corrected chi connectivity index (χ4v) is 3.29. The van der Waals surface area contributed by atoms with E-state index in [-0.39, 0.29) is 0 Å². The molecule has 72 valence electrons. The number of hydrogen-bond donors (Lipinski definition) is 2. The van der Waals surface area contributed by atoms with E-state index in [2.05, 4.69) is 15.9 Å². The lowest BCUT2D eigenvalue weighted by atomic mass is 9.78. The second kappa shape index (κ2) is 3.83. The smallest absolute Gasteiger partial charge is 0.423 e. The summed E-state index contributed by atoms with van der Waals surface area (Å²) < 4.78 is 1.49. The molecule has 2 N–H and O–H groups in total. The Morgan fingerprint density at radius 1 is 1.43 bits per heavy atom. The van der Waals surface area contributed by atoms with Crippen LogP contribution in [0.2, 0.25) is 5.02 Å². The molecule has 0 aliphatic carbocycles. The average molecular weight is 291 g/mol. The minimum atomic E-state index is -1.49. The first kappa shape index (κ1) is 10.5. The van der Waals surface area contributed by atoms with Crippen LogP contribution in [0.15, 0.2) is 22.0 Å². The molecule has 0 saturated heterocycles. The highest BCUT2D eigenvalue weighted by molar-refractivity contribution is 9.10. The van der Waals surface area contributed by atoms with E-state index in [0.717, 1.165) is 10.1 Å². The molecular formula is C8H5BBrClO2S. The van der Waals surface area contributed by atoms with E-state index < -0.39 is 7.12 Å². The van der Waals surface area contributed by atoms with Crippen molar-refractivity contribution in [1.82, 2.24) is 0 Å². The van der Waals surface area contributed by atoms with E-state index in [1.165, 1.54) is 11.3 Å². The highest BCUT2D eigenvalue weighted by atomic mass is 79.9. The van der Waals surface area contributed by atoms with Crippen LogP contribution in [0.1, 0.15) is 0 Å². The van der Waals surface area contributed by atoms with Crippen LogP contribution in [0, 0.1) is 0 Å². The van der Waals surface area contributed by atoms with Gasteiger partial charge in [0.15, 0.2) is 0 Å². The zero-order chi connectivity index (χ0) is 10.3. The van der Waals surface area contributed by atoms with Gasteiger partial charge >= 0.3 is 7.12 Å². The third-order valence-electron chi connectivity index (χ3n) is 1.94. The quantitative estimate of drug-likeness (QED) is 0.789. The highest BCUT2D eigenvalue weighted by Gasteiger charge is 2.20. The Morgan fingerprint density at radius 2 is 2.14 bits per heavy atom. The standard InChI is InChI=1S/C8H5BBrClO2S/c10-5-3-6(11)8-4(1-2-14-8)7(5)9(12)13/h1-3,12-13H. The van der Waals surface area contributed by atoms with Gasteiger partial charge in [0.1, 0.15) is 0 Å².